The Bertz CT molecular complexity index is 641. The lowest BCUT2D eigenvalue weighted by Crippen LogP contribution is -2.05. The summed E-state index contributed by atoms with van der Waals surface area (Å²) in [5, 5.41) is 0. The lowest BCUT2D eigenvalue weighted by molar-refractivity contribution is 0.0991. The molecule has 19 heavy (non-hydrogen) atoms. The first-order valence-corrected chi connectivity index (χ1v) is 6.98. The maximum absolute atomic E-state index is 13.1. The third-order valence-corrected chi connectivity index (χ3v) is 3.88. The molecule has 0 heterocycles. The minimum atomic E-state index is -0.466. The fraction of sp³-hybridized carbons (Fsp3) is 0.0714. The van der Waals surface area contributed by atoms with E-state index in [1.807, 2.05) is 0 Å². The Morgan fingerprint density at radius 1 is 1.00 bits per heavy atom. The summed E-state index contributed by atoms with van der Waals surface area (Å²) in [6, 6.07) is 8.31. The van der Waals surface area contributed by atoms with E-state index in [-0.39, 0.29) is 23.6 Å². The van der Waals surface area contributed by atoms with Crippen LogP contribution in [0.4, 0.5) is 8.78 Å². The summed E-state index contributed by atoms with van der Waals surface area (Å²) in [4.78, 5) is 12.1. The average molecular weight is 390 g/mol. The van der Waals surface area contributed by atoms with Crippen LogP contribution < -0.4 is 0 Å². The van der Waals surface area contributed by atoms with E-state index in [9.17, 15) is 13.6 Å². The second-order valence-corrected chi connectivity index (χ2v) is 5.68. The molecular formula is C14H8Br2F2O. The van der Waals surface area contributed by atoms with Crippen molar-refractivity contribution in [1.29, 1.82) is 0 Å². The fourth-order valence-corrected chi connectivity index (χ4v) is 2.54. The predicted octanol–water partition coefficient (Wildman–Crippen LogP) is 4.92. The molecule has 0 radical (unpaired) electrons. The van der Waals surface area contributed by atoms with Crippen molar-refractivity contribution in [3.63, 3.8) is 0 Å². The molecule has 0 amide bonds. The zero-order valence-corrected chi connectivity index (χ0v) is 12.8. The smallest absolute Gasteiger partial charge is 0.168 e. The van der Waals surface area contributed by atoms with Crippen molar-refractivity contribution in [3.8, 4) is 0 Å². The minimum absolute atomic E-state index is 0.0843. The first-order chi connectivity index (χ1) is 8.97. The van der Waals surface area contributed by atoms with Gasteiger partial charge in [0.25, 0.3) is 0 Å². The molecule has 0 unspecified atom stereocenters. The fourth-order valence-electron chi connectivity index (χ4n) is 1.64. The first-order valence-electron chi connectivity index (χ1n) is 5.39. The molecule has 1 nitrogen and oxygen atoms in total. The summed E-state index contributed by atoms with van der Waals surface area (Å²) in [6.45, 7) is 0. The topological polar surface area (TPSA) is 17.1 Å². The lowest BCUT2D eigenvalue weighted by atomic mass is 10.0. The van der Waals surface area contributed by atoms with Crippen molar-refractivity contribution in [3.05, 3.63) is 68.1 Å². The highest BCUT2D eigenvalue weighted by molar-refractivity contribution is 9.10. The van der Waals surface area contributed by atoms with E-state index in [1.165, 1.54) is 30.3 Å². The molecular weight excluding hydrogens is 382 g/mol. The van der Waals surface area contributed by atoms with E-state index in [4.69, 9.17) is 0 Å². The van der Waals surface area contributed by atoms with Gasteiger partial charge < -0.3 is 0 Å². The molecule has 0 aliphatic heterocycles. The molecule has 0 aliphatic carbocycles. The van der Waals surface area contributed by atoms with Gasteiger partial charge in [-0.15, -0.1) is 0 Å². The third-order valence-electron chi connectivity index (χ3n) is 2.58. The van der Waals surface area contributed by atoms with E-state index in [0.29, 0.717) is 14.5 Å². The molecule has 2 aromatic carbocycles. The highest BCUT2D eigenvalue weighted by atomic mass is 79.9. The maximum Gasteiger partial charge on any atom is 0.168 e. The van der Waals surface area contributed by atoms with Crippen LogP contribution in [0.1, 0.15) is 15.9 Å². The molecule has 0 atom stereocenters. The van der Waals surface area contributed by atoms with E-state index in [0.717, 1.165) is 0 Å². The molecule has 0 spiro atoms. The SMILES string of the molecule is O=C(Cc1ccc(F)c(Br)c1)c1cc(F)ccc1Br. The number of carbonyl (C=O) groups excluding carboxylic acids is 1. The maximum atomic E-state index is 13.1. The van der Waals surface area contributed by atoms with Crippen LogP contribution in [-0.2, 0) is 6.42 Å². The normalized spacial score (nSPS) is 10.5. The average Bonchev–Trinajstić information content (AvgIpc) is 2.36. The van der Waals surface area contributed by atoms with Crippen LogP contribution in [0.3, 0.4) is 0 Å². The number of rotatable bonds is 3. The summed E-state index contributed by atoms with van der Waals surface area (Å²) in [7, 11) is 0. The van der Waals surface area contributed by atoms with Crippen molar-refractivity contribution in [2.75, 3.05) is 0 Å². The van der Waals surface area contributed by atoms with E-state index in [1.54, 1.807) is 6.07 Å². The van der Waals surface area contributed by atoms with Crippen LogP contribution in [0.25, 0.3) is 0 Å². The van der Waals surface area contributed by atoms with Crippen LogP contribution in [0.2, 0.25) is 0 Å². The van der Waals surface area contributed by atoms with Gasteiger partial charge in [0.2, 0.25) is 0 Å². The Labute approximate surface area is 125 Å². The Morgan fingerprint density at radius 2 is 1.74 bits per heavy atom. The standard InChI is InChI=1S/C14H8Br2F2O/c15-11-3-2-9(17)7-10(11)14(19)6-8-1-4-13(18)12(16)5-8/h1-5,7H,6H2. The number of halogens is 4. The Hall–Kier alpha value is -1.07. The van der Waals surface area contributed by atoms with Gasteiger partial charge in [-0.3, -0.25) is 4.79 Å². The van der Waals surface area contributed by atoms with Crippen molar-refractivity contribution in [2.45, 2.75) is 6.42 Å². The molecule has 0 saturated heterocycles. The summed E-state index contributed by atoms with van der Waals surface area (Å²) in [5.74, 6) is -1.08. The minimum Gasteiger partial charge on any atom is -0.294 e. The van der Waals surface area contributed by atoms with Crippen LogP contribution >= 0.6 is 31.9 Å². The van der Waals surface area contributed by atoms with Gasteiger partial charge >= 0.3 is 0 Å². The van der Waals surface area contributed by atoms with Gasteiger partial charge in [-0.05, 0) is 51.8 Å². The molecule has 0 saturated carbocycles. The number of hydrogen-bond donors (Lipinski definition) is 0. The molecule has 0 aliphatic rings. The van der Waals surface area contributed by atoms with Crippen molar-refractivity contribution in [1.82, 2.24) is 0 Å². The van der Waals surface area contributed by atoms with Crippen LogP contribution in [0.15, 0.2) is 45.3 Å². The second kappa shape index (κ2) is 5.92. The predicted molar refractivity (Wildman–Crippen MR) is 76.2 cm³/mol. The summed E-state index contributed by atoms with van der Waals surface area (Å²) in [5.41, 5.74) is 0.940. The second-order valence-electron chi connectivity index (χ2n) is 3.97. The third kappa shape index (κ3) is 3.48. The van der Waals surface area contributed by atoms with Gasteiger partial charge in [-0.1, -0.05) is 22.0 Å². The van der Waals surface area contributed by atoms with E-state index >= 15 is 0 Å². The molecule has 98 valence electrons. The molecule has 0 fully saturated rings. The largest absolute Gasteiger partial charge is 0.294 e. The van der Waals surface area contributed by atoms with Crippen molar-refractivity contribution >= 4 is 37.6 Å². The monoisotopic (exact) mass is 388 g/mol. The number of hydrogen-bond acceptors (Lipinski definition) is 1. The highest BCUT2D eigenvalue weighted by Gasteiger charge is 2.12. The molecule has 2 aromatic rings. The molecule has 0 aromatic heterocycles. The van der Waals surface area contributed by atoms with Gasteiger partial charge in [-0.25, -0.2) is 8.78 Å². The Morgan fingerprint density at radius 3 is 2.42 bits per heavy atom. The molecule has 0 N–H and O–H groups in total. The molecule has 0 bridgehead atoms. The zero-order valence-electron chi connectivity index (χ0n) is 9.59. The zero-order chi connectivity index (χ0) is 14.0. The number of carbonyl (C=O) groups is 1. The lowest BCUT2D eigenvalue weighted by Gasteiger charge is -2.05. The van der Waals surface area contributed by atoms with Crippen molar-refractivity contribution < 1.29 is 13.6 Å². The van der Waals surface area contributed by atoms with E-state index < -0.39 is 5.82 Å². The van der Waals surface area contributed by atoms with Gasteiger partial charge in [-0.2, -0.15) is 0 Å². The van der Waals surface area contributed by atoms with Crippen LogP contribution in [-0.4, -0.2) is 5.78 Å². The Balaban J connectivity index is 2.25. The summed E-state index contributed by atoms with van der Waals surface area (Å²) < 4.78 is 27.1. The number of ketones is 1. The molecule has 5 heteroatoms. The molecule has 2 rings (SSSR count). The first kappa shape index (κ1) is 14.3. The van der Waals surface area contributed by atoms with Gasteiger partial charge in [0.05, 0.1) is 4.47 Å². The summed E-state index contributed by atoms with van der Waals surface area (Å²) in [6.07, 6.45) is 0.0843. The quantitative estimate of drug-likeness (QED) is 0.681. The van der Waals surface area contributed by atoms with Crippen LogP contribution in [0.5, 0.6) is 0 Å². The van der Waals surface area contributed by atoms with Gasteiger partial charge in [0, 0.05) is 16.5 Å². The summed E-state index contributed by atoms with van der Waals surface area (Å²) >= 11 is 6.28. The van der Waals surface area contributed by atoms with E-state index in [2.05, 4.69) is 31.9 Å². The van der Waals surface area contributed by atoms with Gasteiger partial charge in [0.1, 0.15) is 11.6 Å². The van der Waals surface area contributed by atoms with Crippen LogP contribution in [0, 0.1) is 11.6 Å². The number of Topliss-reactive ketones (excluding diaryl/α,β-unsaturated/α-hetero) is 1. The van der Waals surface area contributed by atoms with Gasteiger partial charge in [0.15, 0.2) is 5.78 Å². The Kier molecular flexibility index (Phi) is 4.47. The highest BCUT2D eigenvalue weighted by Crippen LogP contribution is 2.22. The number of benzene rings is 2. The van der Waals surface area contributed by atoms with Crippen molar-refractivity contribution in [2.24, 2.45) is 0 Å².